The molecule has 0 spiro atoms. The van der Waals surface area contributed by atoms with Gasteiger partial charge >= 0.3 is 0 Å². The molecule has 3 aromatic rings. The van der Waals surface area contributed by atoms with Gasteiger partial charge in [0.05, 0.1) is 11.8 Å². The number of benzene rings is 1. The number of nitrogens with zero attached hydrogens (tertiary/aromatic N) is 5. The molecular formula is C18H18BrN5OS. The lowest BCUT2D eigenvalue weighted by Gasteiger charge is -2.10. The second-order valence-electron chi connectivity index (χ2n) is 6.45. The number of Topliss-reactive ketones (excluding diaryl/α,β-unsaturated/α-hetero) is 1. The SMILES string of the molecule is Cc1cc(C(=O)CSc2nnnn2C2CC2)c(C)n1-c1cccc(Br)c1. The minimum atomic E-state index is 0.0923. The fourth-order valence-corrected chi connectivity index (χ4v) is 4.31. The van der Waals surface area contributed by atoms with Crippen molar-refractivity contribution in [1.29, 1.82) is 0 Å². The first-order chi connectivity index (χ1) is 12.5. The molecule has 0 atom stereocenters. The van der Waals surface area contributed by atoms with Crippen LogP contribution in [0.3, 0.4) is 0 Å². The summed E-state index contributed by atoms with van der Waals surface area (Å²) in [5.74, 6) is 0.422. The molecule has 6 nitrogen and oxygen atoms in total. The molecule has 4 rings (SSSR count). The summed E-state index contributed by atoms with van der Waals surface area (Å²) < 4.78 is 4.96. The molecular weight excluding hydrogens is 414 g/mol. The minimum absolute atomic E-state index is 0.0923. The standard InChI is InChI=1S/C18H18BrN5OS/c1-11-8-16(12(2)23(11)15-5-3-4-13(19)9-15)17(25)10-26-18-20-21-22-24(18)14-6-7-14/h3-5,8-9,14H,6-7,10H2,1-2H3. The van der Waals surface area contributed by atoms with Gasteiger partial charge in [0.2, 0.25) is 5.16 Å². The van der Waals surface area contributed by atoms with Gasteiger partial charge < -0.3 is 4.57 Å². The predicted octanol–water partition coefficient (Wildman–Crippen LogP) is 4.15. The van der Waals surface area contributed by atoms with E-state index < -0.39 is 0 Å². The highest BCUT2D eigenvalue weighted by molar-refractivity contribution is 9.10. The molecule has 0 unspecified atom stereocenters. The van der Waals surface area contributed by atoms with Gasteiger partial charge in [-0.25, -0.2) is 4.68 Å². The van der Waals surface area contributed by atoms with Gasteiger partial charge in [0.15, 0.2) is 5.78 Å². The summed E-state index contributed by atoms with van der Waals surface area (Å²) in [5, 5.41) is 12.5. The lowest BCUT2D eigenvalue weighted by atomic mass is 10.2. The van der Waals surface area contributed by atoms with Crippen LogP contribution in [-0.4, -0.2) is 36.3 Å². The second kappa shape index (κ2) is 7.00. The Bertz CT molecular complexity index is 976. The van der Waals surface area contributed by atoms with Crippen LogP contribution < -0.4 is 0 Å². The Balaban J connectivity index is 1.55. The summed E-state index contributed by atoms with van der Waals surface area (Å²) in [4.78, 5) is 12.8. The molecule has 26 heavy (non-hydrogen) atoms. The Hall–Kier alpha value is -1.93. The molecule has 0 bridgehead atoms. The van der Waals surface area contributed by atoms with E-state index >= 15 is 0 Å². The van der Waals surface area contributed by atoms with E-state index in [4.69, 9.17) is 0 Å². The van der Waals surface area contributed by atoms with Crippen LogP contribution in [0.5, 0.6) is 0 Å². The number of aryl methyl sites for hydroxylation is 1. The van der Waals surface area contributed by atoms with Gasteiger partial charge in [0, 0.05) is 27.1 Å². The molecule has 2 heterocycles. The van der Waals surface area contributed by atoms with Crippen LogP contribution in [0.4, 0.5) is 0 Å². The number of hydrogen-bond acceptors (Lipinski definition) is 5. The minimum Gasteiger partial charge on any atom is -0.318 e. The van der Waals surface area contributed by atoms with E-state index in [0.29, 0.717) is 11.8 Å². The Kier molecular flexibility index (Phi) is 4.71. The second-order valence-corrected chi connectivity index (χ2v) is 8.31. The van der Waals surface area contributed by atoms with Gasteiger partial charge in [0.25, 0.3) is 0 Å². The number of thioether (sulfide) groups is 1. The first-order valence-corrected chi connectivity index (χ1v) is 10.2. The summed E-state index contributed by atoms with van der Waals surface area (Å²) in [7, 11) is 0. The van der Waals surface area contributed by atoms with E-state index in [2.05, 4.69) is 36.0 Å². The molecule has 1 fully saturated rings. The van der Waals surface area contributed by atoms with Crippen molar-refractivity contribution < 1.29 is 4.79 Å². The number of aromatic nitrogens is 5. The van der Waals surface area contributed by atoms with Crippen LogP contribution in [-0.2, 0) is 0 Å². The van der Waals surface area contributed by atoms with Gasteiger partial charge in [-0.15, -0.1) is 5.10 Å². The highest BCUT2D eigenvalue weighted by Crippen LogP contribution is 2.36. The van der Waals surface area contributed by atoms with Gasteiger partial charge in [-0.2, -0.15) is 0 Å². The fraction of sp³-hybridized carbons (Fsp3) is 0.333. The van der Waals surface area contributed by atoms with Crippen LogP contribution in [0, 0.1) is 13.8 Å². The van der Waals surface area contributed by atoms with Crippen LogP contribution in [0.15, 0.2) is 40.0 Å². The average Bonchev–Trinajstić information content (AvgIpc) is 3.27. The van der Waals surface area contributed by atoms with Crippen molar-refractivity contribution in [2.75, 3.05) is 5.75 Å². The lowest BCUT2D eigenvalue weighted by Crippen LogP contribution is -2.07. The van der Waals surface area contributed by atoms with Crippen molar-refractivity contribution in [1.82, 2.24) is 24.8 Å². The summed E-state index contributed by atoms with van der Waals surface area (Å²) in [5.41, 5.74) is 3.78. The predicted molar refractivity (Wildman–Crippen MR) is 104 cm³/mol. The zero-order chi connectivity index (χ0) is 18.3. The molecule has 0 amide bonds. The zero-order valence-corrected chi connectivity index (χ0v) is 16.9. The number of carbonyl (C=O) groups is 1. The maximum atomic E-state index is 12.8. The van der Waals surface area contributed by atoms with Crippen molar-refractivity contribution in [2.24, 2.45) is 0 Å². The van der Waals surface area contributed by atoms with Gasteiger partial charge in [-0.1, -0.05) is 33.8 Å². The summed E-state index contributed by atoms with van der Waals surface area (Å²) >= 11 is 4.92. The maximum absolute atomic E-state index is 12.8. The molecule has 8 heteroatoms. The van der Waals surface area contributed by atoms with Crippen molar-refractivity contribution in [3.63, 3.8) is 0 Å². The third-order valence-electron chi connectivity index (χ3n) is 4.49. The third-order valence-corrected chi connectivity index (χ3v) is 5.91. The first-order valence-electron chi connectivity index (χ1n) is 8.43. The van der Waals surface area contributed by atoms with Crippen molar-refractivity contribution in [3.8, 4) is 5.69 Å². The number of rotatable bonds is 6. The Morgan fingerprint density at radius 2 is 2.12 bits per heavy atom. The zero-order valence-electron chi connectivity index (χ0n) is 14.5. The highest BCUT2D eigenvalue weighted by Gasteiger charge is 2.28. The van der Waals surface area contributed by atoms with Crippen LogP contribution >= 0.6 is 27.7 Å². The molecule has 0 aliphatic heterocycles. The lowest BCUT2D eigenvalue weighted by molar-refractivity contribution is 0.102. The number of ketones is 1. The van der Waals surface area contributed by atoms with Gasteiger partial charge in [-0.05, 0) is 61.4 Å². The van der Waals surface area contributed by atoms with Gasteiger partial charge in [0.1, 0.15) is 0 Å². The van der Waals surface area contributed by atoms with E-state index in [0.717, 1.165) is 45.1 Å². The third kappa shape index (κ3) is 3.35. The topological polar surface area (TPSA) is 65.6 Å². The van der Waals surface area contributed by atoms with Crippen LogP contribution in [0.25, 0.3) is 5.69 Å². The number of carbonyl (C=O) groups excluding carboxylic acids is 1. The average molecular weight is 432 g/mol. The summed E-state index contributed by atoms with van der Waals surface area (Å²) in [6.45, 7) is 4.01. The van der Waals surface area contributed by atoms with E-state index in [-0.39, 0.29) is 5.78 Å². The number of halogens is 1. The maximum Gasteiger partial charge on any atom is 0.210 e. The fourth-order valence-electron chi connectivity index (χ4n) is 3.09. The molecule has 134 valence electrons. The van der Waals surface area contributed by atoms with E-state index in [1.165, 1.54) is 11.8 Å². The van der Waals surface area contributed by atoms with Crippen molar-refractivity contribution >= 4 is 33.5 Å². The molecule has 2 aromatic heterocycles. The molecule has 1 aliphatic rings. The molecule has 0 radical (unpaired) electrons. The molecule has 0 N–H and O–H groups in total. The number of hydrogen-bond donors (Lipinski definition) is 0. The normalized spacial score (nSPS) is 14.0. The van der Waals surface area contributed by atoms with E-state index in [9.17, 15) is 4.79 Å². The molecule has 1 aliphatic carbocycles. The van der Waals surface area contributed by atoms with Crippen LogP contribution in [0.2, 0.25) is 0 Å². The van der Waals surface area contributed by atoms with Crippen LogP contribution in [0.1, 0.15) is 40.6 Å². The molecule has 1 saturated carbocycles. The van der Waals surface area contributed by atoms with Crippen molar-refractivity contribution in [2.45, 2.75) is 37.9 Å². The first kappa shape index (κ1) is 17.5. The summed E-state index contributed by atoms with van der Waals surface area (Å²) in [6, 6.07) is 10.4. The Morgan fingerprint density at radius 3 is 2.85 bits per heavy atom. The van der Waals surface area contributed by atoms with Gasteiger partial charge in [-0.3, -0.25) is 4.79 Å². The Morgan fingerprint density at radius 1 is 1.31 bits per heavy atom. The number of tetrazole rings is 1. The highest BCUT2D eigenvalue weighted by atomic mass is 79.9. The van der Waals surface area contributed by atoms with E-state index in [1.54, 1.807) is 0 Å². The monoisotopic (exact) mass is 431 g/mol. The summed E-state index contributed by atoms with van der Waals surface area (Å²) in [6.07, 6.45) is 2.22. The quantitative estimate of drug-likeness (QED) is 0.433. The van der Waals surface area contributed by atoms with E-state index in [1.807, 2.05) is 48.9 Å². The molecule has 1 aromatic carbocycles. The van der Waals surface area contributed by atoms with Crippen molar-refractivity contribution in [3.05, 3.63) is 51.8 Å². The Labute approximate surface area is 164 Å². The largest absolute Gasteiger partial charge is 0.318 e. The molecule has 0 saturated heterocycles. The smallest absolute Gasteiger partial charge is 0.210 e.